The minimum Gasteiger partial charge on any atom is -0.466 e. The molecule has 1 aliphatic heterocycles. The minimum atomic E-state index is -0.614. The van der Waals surface area contributed by atoms with E-state index in [2.05, 4.69) is 17.1 Å². The van der Waals surface area contributed by atoms with Crippen LogP contribution in [-0.4, -0.2) is 41.5 Å². The van der Waals surface area contributed by atoms with Gasteiger partial charge in [-0.1, -0.05) is 30.3 Å². The molecule has 2 aromatic rings. The van der Waals surface area contributed by atoms with Gasteiger partial charge in [0.1, 0.15) is 4.88 Å². The van der Waals surface area contributed by atoms with Crippen molar-refractivity contribution in [3.05, 3.63) is 52.0 Å². The van der Waals surface area contributed by atoms with Crippen LogP contribution >= 0.6 is 11.3 Å². The van der Waals surface area contributed by atoms with Gasteiger partial charge < -0.3 is 9.64 Å². The van der Waals surface area contributed by atoms with Crippen LogP contribution in [-0.2, 0) is 16.0 Å². The second kappa shape index (κ2) is 9.32. The molecule has 0 radical (unpaired) electrons. The lowest BCUT2D eigenvalue weighted by Gasteiger charge is -2.41. The van der Waals surface area contributed by atoms with Gasteiger partial charge in [0.2, 0.25) is 0 Å². The Bertz CT molecular complexity index is 805. The molecule has 28 heavy (non-hydrogen) atoms. The number of hydrogen-bond donors (Lipinski definition) is 0. The highest BCUT2D eigenvalue weighted by molar-refractivity contribution is 7.11. The molecule has 0 saturated carbocycles. The van der Waals surface area contributed by atoms with E-state index in [1.165, 1.54) is 16.9 Å². The van der Waals surface area contributed by atoms with E-state index < -0.39 is 5.41 Å². The van der Waals surface area contributed by atoms with Crippen molar-refractivity contribution in [1.29, 1.82) is 0 Å². The number of rotatable bonds is 7. The standard InChI is InChI=1S/C22H28N2O3S/c1-3-27-21(26)22(12-7-11-18-9-5-4-6-10-18)13-8-14-24(15-22)20(25)19-17(2)23-16-28-19/h4-6,9-10,16H,3,7-8,11-15H2,1-2H3. The molecular weight excluding hydrogens is 372 g/mol. The third-order valence-electron chi connectivity index (χ3n) is 5.48. The average Bonchev–Trinajstić information content (AvgIpc) is 3.14. The number of aromatic nitrogens is 1. The topological polar surface area (TPSA) is 59.5 Å². The van der Waals surface area contributed by atoms with Crippen LogP contribution in [0.2, 0.25) is 0 Å². The van der Waals surface area contributed by atoms with Crippen molar-refractivity contribution in [2.75, 3.05) is 19.7 Å². The minimum absolute atomic E-state index is 0.0172. The maximum absolute atomic E-state index is 13.0. The van der Waals surface area contributed by atoms with Crippen molar-refractivity contribution in [3.8, 4) is 0 Å². The van der Waals surface area contributed by atoms with Gasteiger partial charge in [-0.25, -0.2) is 4.98 Å². The second-order valence-corrected chi connectivity index (χ2v) is 8.29. The average molecular weight is 401 g/mol. The zero-order valence-corrected chi connectivity index (χ0v) is 17.5. The number of thiazole rings is 1. The zero-order chi connectivity index (χ0) is 20.0. The molecule has 1 aromatic heterocycles. The maximum Gasteiger partial charge on any atom is 0.313 e. The Morgan fingerprint density at radius 3 is 2.75 bits per heavy atom. The molecule has 1 aromatic carbocycles. The van der Waals surface area contributed by atoms with Gasteiger partial charge in [-0.3, -0.25) is 9.59 Å². The van der Waals surface area contributed by atoms with Crippen LogP contribution in [0, 0.1) is 12.3 Å². The van der Waals surface area contributed by atoms with E-state index in [9.17, 15) is 9.59 Å². The molecule has 3 rings (SSSR count). The summed E-state index contributed by atoms with van der Waals surface area (Å²) in [6, 6.07) is 10.3. The molecule has 0 N–H and O–H groups in total. The molecule has 150 valence electrons. The number of likely N-dealkylation sites (tertiary alicyclic amines) is 1. The lowest BCUT2D eigenvalue weighted by molar-refractivity contribution is -0.159. The van der Waals surface area contributed by atoms with Crippen LogP contribution in [0.15, 0.2) is 35.8 Å². The number of nitrogens with zero attached hydrogens (tertiary/aromatic N) is 2. The first-order valence-electron chi connectivity index (χ1n) is 9.96. The van der Waals surface area contributed by atoms with Gasteiger partial charge in [0.05, 0.1) is 23.2 Å². The molecule has 1 fully saturated rings. The van der Waals surface area contributed by atoms with Crippen LogP contribution in [0.4, 0.5) is 0 Å². The number of hydrogen-bond acceptors (Lipinski definition) is 5. The van der Waals surface area contributed by atoms with E-state index in [0.29, 0.717) is 24.6 Å². The smallest absolute Gasteiger partial charge is 0.313 e. The molecule has 1 amide bonds. The molecule has 1 atom stereocenters. The summed E-state index contributed by atoms with van der Waals surface area (Å²) in [6.45, 7) is 5.15. The highest BCUT2D eigenvalue weighted by atomic mass is 32.1. The summed E-state index contributed by atoms with van der Waals surface area (Å²) < 4.78 is 5.44. The van der Waals surface area contributed by atoms with Crippen molar-refractivity contribution in [1.82, 2.24) is 9.88 Å². The molecule has 1 unspecified atom stereocenters. The zero-order valence-electron chi connectivity index (χ0n) is 16.6. The fourth-order valence-electron chi connectivity index (χ4n) is 3.99. The molecule has 1 aliphatic rings. The Morgan fingerprint density at radius 1 is 1.29 bits per heavy atom. The van der Waals surface area contributed by atoms with E-state index in [1.807, 2.05) is 36.9 Å². The SMILES string of the molecule is CCOC(=O)C1(CCCc2ccccc2)CCCN(C(=O)c2scnc2C)C1. The fraction of sp³-hybridized carbons (Fsp3) is 0.500. The van der Waals surface area contributed by atoms with Gasteiger partial charge in [-0.2, -0.15) is 0 Å². The van der Waals surface area contributed by atoms with Crippen molar-refractivity contribution in [2.24, 2.45) is 5.41 Å². The van der Waals surface area contributed by atoms with Gasteiger partial charge in [-0.15, -0.1) is 11.3 Å². The summed E-state index contributed by atoms with van der Waals surface area (Å²) in [4.78, 5) is 32.6. The number of ether oxygens (including phenoxy) is 1. The van der Waals surface area contributed by atoms with Crippen LogP contribution in [0.1, 0.15) is 53.5 Å². The quantitative estimate of drug-likeness (QED) is 0.652. The van der Waals surface area contributed by atoms with E-state index in [1.54, 1.807) is 5.51 Å². The van der Waals surface area contributed by atoms with Crippen molar-refractivity contribution >= 4 is 23.2 Å². The molecule has 6 heteroatoms. The number of piperidine rings is 1. The van der Waals surface area contributed by atoms with Crippen molar-refractivity contribution in [2.45, 2.75) is 46.0 Å². The number of esters is 1. The third-order valence-corrected chi connectivity index (χ3v) is 6.39. The first-order chi connectivity index (χ1) is 13.6. The fourth-order valence-corrected chi connectivity index (χ4v) is 4.76. The Kier molecular flexibility index (Phi) is 6.83. The molecule has 0 bridgehead atoms. The van der Waals surface area contributed by atoms with Crippen LogP contribution in [0.5, 0.6) is 0 Å². The number of carbonyl (C=O) groups is 2. The summed E-state index contributed by atoms with van der Waals surface area (Å²) in [6.07, 6.45) is 4.13. The first-order valence-corrected chi connectivity index (χ1v) is 10.8. The Morgan fingerprint density at radius 2 is 2.07 bits per heavy atom. The summed E-state index contributed by atoms with van der Waals surface area (Å²) in [5, 5.41) is 0. The van der Waals surface area contributed by atoms with E-state index in [-0.39, 0.29) is 11.9 Å². The predicted molar refractivity (Wildman–Crippen MR) is 110 cm³/mol. The molecule has 5 nitrogen and oxygen atoms in total. The highest BCUT2D eigenvalue weighted by Crippen LogP contribution is 2.37. The predicted octanol–water partition coefficient (Wildman–Crippen LogP) is 4.26. The molecule has 0 aliphatic carbocycles. The lowest BCUT2D eigenvalue weighted by Crippen LogP contribution is -2.50. The second-order valence-electron chi connectivity index (χ2n) is 7.44. The van der Waals surface area contributed by atoms with E-state index >= 15 is 0 Å². The molecule has 2 heterocycles. The largest absolute Gasteiger partial charge is 0.466 e. The number of aryl methyl sites for hydroxylation is 2. The van der Waals surface area contributed by atoms with Crippen LogP contribution < -0.4 is 0 Å². The Hall–Kier alpha value is -2.21. The van der Waals surface area contributed by atoms with Gasteiger partial charge in [-0.05, 0) is 51.5 Å². The number of carbonyl (C=O) groups excluding carboxylic acids is 2. The summed E-state index contributed by atoms with van der Waals surface area (Å²) >= 11 is 1.37. The molecular formula is C22H28N2O3S. The number of amides is 1. The van der Waals surface area contributed by atoms with Gasteiger partial charge in [0, 0.05) is 13.1 Å². The maximum atomic E-state index is 13.0. The van der Waals surface area contributed by atoms with E-state index in [4.69, 9.17) is 4.74 Å². The first kappa shape index (κ1) is 20.5. The summed E-state index contributed by atoms with van der Waals surface area (Å²) in [5.74, 6) is -0.182. The number of benzene rings is 1. The third kappa shape index (κ3) is 4.61. The van der Waals surface area contributed by atoms with Gasteiger partial charge in [0.15, 0.2) is 0 Å². The molecule has 1 saturated heterocycles. The Labute approximate surface area is 170 Å². The van der Waals surface area contributed by atoms with Gasteiger partial charge >= 0.3 is 5.97 Å². The summed E-state index contributed by atoms with van der Waals surface area (Å²) in [7, 11) is 0. The van der Waals surface area contributed by atoms with Crippen LogP contribution in [0.3, 0.4) is 0 Å². The van der Waals surface area contributed by atoms with Crippen molar-refractivity contribution < 1.29 is 14.3 Å². The van der Waals surface area contributed by atoms with Gasteiger partial charge in [0.25, 0.3) is 5.91 Å². The van der Waals surface area contributed by atoms with Crippen LogP contribution in [0.25, 0.3) is 0 Å². The summed E-state index contributed by atoms with van der Waals surface area (Å²) in [5.41, 5.74) is 3.11. The normalized spacial score (nSPS) is 19.4. The van der Waals surface area contributed by atoms with Crippen molar-refractivity contribution in [3.63, 3.8) is 0 Å². The lowest BCUT2D eigenvalue weighted by atomic mass is 9.75. The van der Waals surface area contributed by atoms with E-state index in [0.717, 1.165) is 37.8 Å². The molecule has 0 spiro atoms. The highest BCUT2D eigenvalue weighted by Gasteiger charge is 2.44. The Balaban J connectivity index is 1.73. The monoisotopic (exact) mass is 400 g/mol.